The average Bonchev–Trinajstić information content (AvgIpc) is 2.22. The fraction of sp³-hybridized carbons (Fsp3) is 0.833. The molecule has 0 aromatic heterocycles. The molecule has 0 aliphatic carbocycles. The lowest BCUT2D eigenvalue weighted by Crippen LogP contribution is -2.49. The minimum Gasteiger partial charge on any atom is -0.374 e. The minimum absolute atomic E-state index is 0.121. The predicted molar refractivity (Wildman–Crippen MR) is 62.3 cm³/mol. The molecule has 1 unspecified atom stereocenters. The molecule has 0 heterocycles. The van der Waals surface area contributed by atoms with Gasteiger partial charge in [-0.05, 0) is 32.6 Å². The molecule has 0 aromatic carbocycles. The van der Waals surface area contributed by atoms with Crippen LogP contribution in [-0.2, 0) is 4.74 Å². The Balaban J connectivity index is 4.35. The molecule has 0 aromatic rings. The van der Waals surface area contributed by atoms with Gasteiger partial charge in [0.15, 0.2) is 0 Å². The summed E-state index contributed by atoms with van der Waals surface area (Å²) in [5.74, 6) is 0. The maximum absolute atomic E-state index is 6.17. The van der Waals surface area contributed by atoms with E-state index >= 15 is 0 Å². The Morgan fingerprint density at radius 1 is 1.36 bits per heavy atom. The van der Waals surface area contributed by atoms with Gasteiger partial charge >= 0.3 is 0 Å². The van der Waals surface area contributed by atoms with Crippen molar-refractivity contribution in [3.63, 3.8) is 0 Å². The summed E-state index contributed by atoms with van der Waals surface area (Å²) in [6.45, 7) is 10.8. The van der Waals surface area contributed by atoms with Gasteiger partial charge in [0.05, 0.1) is 5.60 Å². The number of nitrogens with two attached hydrogens (primary N) is 1. The maximum atomic E-state index is 6.17. The summed E-state index contributed by atoms with van der Waals surface area (Å²) < 4.78 is 5.83. The van der Waals surface area contributed by atoms with Crippen molar-refractivity contribution in [2.45, 2.75) is 58.1 Å². The largest absolute Gasteiger partial charge is 0.374 e. The molecule has 0 fully saturated rings. The molecule has 2 nitrogen and oxygen atoms in total. The van der Waals surface area contributed by atoms with E-state index in [-0.39, 0.29) is 11.6 Å². The van der Waals surface area contributed by atoms with Crippen molar-refractivity contribution >= 4 is 0 Å². The molecule has 0 aliphatic heterocycles. The third-order valence-electron chi connectivity index (χ3n) is 2.99. The Morgan fingerprint density at radius 2 is 1.93 bits per heavy atom. The molecular weight excluding hydrogens is 174 g/mol. The van der Waals surface area contributed by atoms with Crippen molar-refractivity contribution < 1.29 is 4.74 Å². The van der Waals surface area contributed by atoms with Crippen LogP contribution in [0.5, 0.6) is 0 Å². The van der Waals surface area contributed by atoms with Crippen molar-refractivity contribution in [1.82, 2.24) is 0 Å². The van der Waals surface area contributed by atoms with E-state index in [4.69, 9.17) is 10.5 Å². The summed E-state index contributed by atoms with van der Waals surface area (Å²) in [6, 6.07) is 0.121. The second-order valence-corrected chi connectivity index (χ2v) is 3.68. The van der Waals surface area contributed by atoms with Gasteiger partial charge in [0.1, 0.15) is 0 Å². The van der Waals surface area contributed by atoms with E-state index in [0.717, 1.165) is 32.3 Å². The maximum Gasteiger partial charge on any atom is 0.0827 e. The third-order valence-corrected chi connectivity index (χ3v) is 2.99. The normalized spacial score (nSPS) is 14.0. The van der Waals surface area contributed by atoms with Crippen LogP contribution in [0.3, 0.4) is 0 Å². The second-order valence-electron chi connectivity index (χ2n) is 3.68. The predicted octanol–water partition coefficient (Wildman–Crippen LogP) is 2.88. The van der Waals surface area contributed by atoms with Gasteiger partial charge < -0.3 is 10.5 Å². The van der Waals surface area contributed by atoms with E-state index in [1.165, 1.54) is 0 Å². The average molecular weight is 199 g/mol. The molecule has 0 bridgehead atoms. The SMILES string of the molecule is C=CCCC(N)C(CC)(CC)OCC. The first kappa shape index (κ1) is 13.7. The highest BCUT2D eigenvalue weighted by molar-refractivity contribution is 4.90. The van der Waals surface area contributed by atoms with E-state index in [2.05, 4.69) is 20.4 Å². The Hall–Kier alpha value is -0.340. The Bertz CT molecular complexity index is 152. The molecule has 0 rings (SSSR count). The molecule has 0 spiro atoms. The van der Waals surface area contributed by atoms with Crippen molar-refractivity contribution in [2.24, 2.45) is 5.73 Å². The fourth-order valence-corrected chi connectivity index (χ4v) is 1.93. The monoisotopic (exact) mass is 199 g/mol. The van der Waals surface area contributed by atoms with Crippen LogP contribution in [0.25, 0.3) is 0 Å². The van der Waals surface area contributed by atoms with E-state index in [1.807, 2.05) is 13.0 Å². The van der Waals surface area contributed by atoms with Crippen LogP contribution < -0.4 is 5.73 Å². The van der Waals surface area contributed by atoms with Crippen LogP contribution >= 0.6 is 0 Å². The first-order valence-corrected chi connectivity index (χ1v) is 5.67. The van der Waals surface area contributed by atoms with E-state index in [1.54, 1.807) is 0 Å². The topological polar surface area (TPSA) is 35.2 Å². The molecule has 0 radical (unpaired) electrons. The van der Waals surface area contributed by atoms with E-state index in [9.17, 15) is 0 Å². The van der Waals surface area contributed by atoms with E-state index in [0.29, 0.717) is 0 Å². The molecule has 0 aliphatic rings. The quantitative estimate of drug-likeness (QED) is 0.610. The summed E-state index contributed by atoms with van der Waals surface area (Å²) in [6.07, 6.45) is 5.81. The van der Waals surface area contributed by atoms with Crippen LogP contribution in [0.2, 0.25) is 0 Å². The lowest BCUT2D eigenvalue weighted by molar-refractivity contribution is -0.0648. The van der Waals surface area contributed by atoms with Gasteiger partial charge in [-0.2, -0.15) is 0 Å². The van der Waals surface area contributed by atoms with Gasteiger partial charge in [0.2, 0.25) is 0 Å². The summed E-state index contributed by atoms with van der Waals surface area (Å²) in [4.78, 5) is 0. The highest BCUT2D eigenvalue weighted by atomic mass is 16.5. The Kier molecular flexibility index (Phi) is 6.85. The first-order chi connectivity index (χ1) is 6.66. The highest BCUT2D eigenvalue weighted by Gasteiger charge is 2.33. The Morgan fingerprint density at radius 3 is 2.29 bits per heavy atom. The van der Waals surface area contributed by atoms with Gasteiger partial charge in [-0.15, -0.1) is 6.58 Å². The number of rotatable bonds is 8. The molecule has 2 heteroatoms. The van der Waals surface area contributed by atoms with Crippen molar-refractivity contribution in [2.75, 3.05) is 6.61 Å². The van der Waals surface area contributed by atoms with Crippen molar-refractivity contribution in [1.29, 1.82) is 0 Å². The van der Waals surface area contributed by atoms with Gasteiger partial charge in [0, 0.05) is 12.6 Å². The standard InChI is InChI=1S/C12H25NO/c1-5-9-10-11(13)12(6-2,7-3)14-8-4/h5,11H,1,6-10,13H2,2-4H3. The van der Waals surface area contributed by atoms with Crippen molar-refractivity contribution in [3.8, 4) is 0 Å². The zero-order valence-corrected chi connectivity index (χ0v) is 9.88. The number of hydrogen-bond donors (Lipinski definition) is 1. The van der Waals surface area contributed by atoms with Crippen LogP contribution in [-0.4, -0.2) is 18.2 Å². The van der Waals surface area contributed by atoms with Crippen LogP contribution in [0.4, 0.5) is 0 Å². The van der Waals surface area contributed by atoms with Crippen LogP contribution in [0.15, 0.2) is 12.7 Å². The summed E-state index contributed by atoms with van der Waals surface area (Å²) >= 11 is 0. The Labute approximate surface area is 88.5 Å². The zero-order valence-electron chi connectivity index (χ0n) is 9.88. The van der Waals surface area contributed by atoms with Crippen LogP contribution in [0, 0.1) is 0 Å². The van der Waals surface area contributed by atoms with Gasteiger partial charge in [0.25, 0.3) is 0 Å². The second kappa shape index (κ2) is 7.02. The molecule has 2 N–H and O–H groups in total. The molecule has 0 saturated carbocycles. The number of allylic oxidation sites excluding steroid dienone is 1. The lowest BCUT2D eigenvalue weighted by Gasteiger charge is -2.37. The number of hydrogen-bond acceptors (Lipinski definition) is 2. The summed E-state index contributed by atoms with van der Waals surface area (Å²) in [7, 11) is 0. The van der Waals surface area contributed by atoms with Gasteiger partial charge in [-0.3, -0.25) is 0 Å². The van der Waals surface area contributed by atoms with Gasteiger partial charge in [-0.25, -0.2) is 0 Å². The third kappa shape index (κ3) is 3.43. The first-order valence-electron chi connectivity index (χ1n) is 5.67. The number of ether oxygens (including phenoxy) is 1. The zero-order chi connectivity index (χ0) is 11.0. The van der Waals surface area contributed by atoms with Crippen molar-refractivity contribution in [3.05, 3.63) is 12.7 Å². The lowest BCUT2D eigenvalue weighted by atomic mass is 9.86. The summed E-state index contributed by atoms with van der Waals surface area (Å²) in [5, 5.41) is 0. The molecule has 0 amide bonds. The molecule has 0 saturated heterocycles. The molecular formula is C12H25NO. The summed E-state index contributed by atoms with van der Waals surface area (Å²) in [5.41, 5.74) is 6.05. The molecule has 84 valence electrons. The van der Waals surface area contributed by atoms with Crippen LogP contribution in [0.1, 0.15) is 46.5 Å². The molecule has 14 heavy (non-hydrogen) atoms. The minimum atomic E-state index is -0.127. The van der Waals surface area contributed by atoms with Gasteiger partial charge in [-0.1, -0.05) is 19.9 Å². The highest BCUT2D eigenvalue weighted by Crippen LogP contribution is 2.26. The smallest absolute Gasteiger partial charge is 0.0827 e. The fourth-order valence-electron chi connectivity index (χ4n) is 1.93. The molecule has 1 atom stereocenters. The van der Waals surface area contributed by atoms with E-state index < -0.39 is 0 Å².